The molecule has 1 amide bonds. The van der Waals surface area contributed by atoms with E-state index >= 15 is 0 Å². The van der Waals surface area contributed by atoms with E-state index in [-0.39, 0.29) is 5.91 Å². The highest BCUT2D eigenvalue weighted by molar-refractivity contribution is 5.94. The van der Waals surface area contributed by atoms with Gasteiger partial charge in [-0.1, -0.05) is 18.2 Å². The second-order valence-electron chi connectivity index (χ2n) is 7.68. The number of rotatable bonds is 6. The van der Waals surface area contributed by atoms with Crippen molar-refractivity contribution >= 4 is 5.91 Å². The summed E-state index contributed by atoms with van der Waals surface area (Å²) in [5, 5.41) is 4.50. The van der Waals surface area contributed by atoms with Gasteiger partial charge in [0, 0.05) is 44.0 Å². The second kappa shape index (κ2) is 9.13. The van der Waals surface area contributed by atoms with Crippen molar-refractivity contribution in [1.29, 1.82) is 0 Å². The summed E-state index contributed by atoms with van der Waals surface area (Å²) in [5.41, 5.74) is 3.76. The highest BCUT2D eigenvalue weighted by atomic mass is 16.5. The van der Waals surface area contributed by atoms with Gasteiger partial charge >= 0.3 is 0 Å². The summed E-state index contributed by atoms with van der Waals surface area (Å²) >= 11 is 0. The van der Waals surface area contributed by atoms with Crippen LogP contribution in [0.1, 0.15) is 21.7 Å². The predicted octanol–water partition coefficient (Wildman–Crippen LogP) is 3.33. The molecular weight excluding hydrogens is 376 g/mol. The number of para-hydroxylation sites is 1. The van der Waals surface area contributed by atoms with E-state index in [1.54, 1.807) is 0 Å². The number of hydrogen-bond acceptors (Lipinski definition) is 4. The molecule has 1 fully saturated rings. The van der Waals surface area contributed by atoms with Crippen LogP contribution in [-0.2, 0) is 0 Å². The van der Waals surface area contributed by atoms with Crippen LogP contribution in [0.5, 0.6) is 5.75 Å². The minimum Gasteiger partial charge on any atom is -0.492 e. The third-order valence-corrected chi connectivity index (χ3v) is 5.45. The third kappa shape index (κ3) is 4.71. The number of carbonyl (C=O) groups excluding carboxylic acids is 1. The number of hydrogen-bond donors (Lipinski definition) is 0. The zero-order valence-electron chi connectivity index (χ0n) is 17.6. The van der Waals surface area contributed by atoms with E-state index in [0.29, 0.717) is 6.61 Å². The molecular formula is C24H28N4O2. The van der Waals surface area contributed by atoms with E-state index in [1.165, 1.54) is 0 Å². The Morgan fingerprint density at radius 1 is 0.967 bits per heavy atom. The highest BCUT2D eigenvalue weighted by Gasteiger charge is 2.22. The Morgan fingerprint density at radius 2 is 1.67 bits per heavy atom. The summed E-state index contributed by atoms with van der Waals surface area (Å²) in [6.07, 6.45) is 0. The van der Waals surface area contributed by atoms with Gasteiger partial charge in [0.25, 0.3) is 5.91 Å². The van der Waals surface area contributed by atoms with Crippen LogP contribution >= 0.6 is 0 Å². The van der Waals surface area contributed by atoms with Crippen molar-refractivity contribution < 1.29 is 9.53 Å². The number of amides is 1. The molecule has 3 aromatic rings. The number of nitrogens with zero attached hydrogens (tertiary/aromatic N) is 4. The van der Waals surface area contributed by atoms with Gasteiger partial charge < -0.3 is 9.64 Å². The van der Waals surface area contributed by atoms with E-state index in [2.05, 4.69) is 10.00 Å². The first-order valence-corrected chi connectivity index (χ1v) is 10.4. The summed E-state index contributed by atoms with van der Waals surface area (Å²) in [6, 6.07) is 19.6. The first kappa shape index (κ1) is 20.2. The van der Waals surface area contributed by atoms with Crippen LogP contribution in [-0.4, -0.2) is 64.8 Å². The lowest BCUT2D eigenvalue weighted by molar-refractivity contribution is 0.0620. The molecule has 6 nitrogen and oxygen atoms in total. The molecule has 4 rings (SSSR count). The van der Waals surface area contributed by atoms with Crippen LogP contribution in [0.3, 0.4) is 0 Å². The molecule has 0 unspecified atom stereocenters. The van der Waals surface area contributed by atoms with Crippen molar-refractivity contribution in [2.75, 3.05) is 39.3 Å². The predicted molar refractivity (Wildman–Crippen MR) is 117 cm³/mol. The molecule has 0 radical (unpaired) electrons. The lowest BCUT2D eigenvalue weighted by atomic mass is 10.1. The number of piperazine rings is 1. The molecule has 2 heterocycles. The van der Waals surface area contributed by atoms with Gasteiger partial charge in [-0.05, 0) is 56.3 Å². The largest absolute Gasteiger partial charge is 0.492 e. The van der Waals surface area contributed by atoms with E-state index in [9.17, 15) is 4.79 Å². The summed E-state index contributed by atoms with van der Waals surface area (Å²) in [6.45, 7) is 8.76. The Bertz CT molecular complexity index is 974. The second-order valence-corrected chi connectivity index (χ2v) is 7.68. The molecule has 0 bridgehead atoms. The Hall–Kier alpha value is -3.12. The van der Waals surface area contributed by atoms with Gasteiger partial charge in [-0.3, -0.25) is 9.69 Å². The Balaban J connectivity index is 1.27. The van der Waals surface area contributed by atoms with Gasteiger partial charge in [0.2, 0.25) is 0 Å². The summed E-state index contributed by atoms with van der Waals surface area (Å²) in [7, 11) is 0. The molecule has 2 aromatic carbocycles. The third-order valence-electron chi connectivity index (χ3n) is 5.45. The number of aryl methyl sites for hydroxylation is 2. The van der Waals surface area contributed by atoms with E-state index in [0.717, 1.165) is 61.1 Å². The lowest BCUT2D eigenvalue weighted by Crippen LogP contribution is -2.49. The standard InChI is InChI=1S/C24H28N4O2/c1-19-18-20(2)28(25-19)22-10-8-21(9-11-22)24(29)27-14-12-26(13-15-27)16-17-30-23-6-4-3-5-7-23/h3-11,18H,12-17H2,1-2H3. The first-order chi connectivity index (χ1) is 14.6. The number of benzene rings is 2. The Labute approximate surface area is 177 Å². The average molecular weight is 405 g/mol. The summed E-state index contributed by atoms with van der Waals surface area (Å²) in [4.78, 5) is 17.2. The van der Waals surface area contributed by atoms with Crippen molar-refractivity contribution in [2.45, 2.75) is 13.8 Å². The first-order valence-electron chi connectivity index (χ1n) is 10.4. The van der Waals surface area contributed by atoms with Crippen LogP contribution < -0.4 is 4.74 Å². The molecule has 1 saturated heterocycles. The zero-order valence-corrected chi connectivity index (χ0v) is 17.6. The fraction of sp³-hybridized carbons (Fsp3) is 0.333. The molecule has 1 aromatic heterocycles. The maximum absolute atomic E-state index is 12.9. The van der Waals surface area contributed by atoms with Crippen molar-refractivity contribution in [1.82, 2.24) is 19.6 Å². The van der Waals surface area contributed by atoms with Crippen LogP contribution in [0.15, 0.2) is 60.7 Å². The fourth-order valence-corrected chi connectivity index (χ4v) is 3.80. The monoisotopic (exact) mass is 404 g/mol. The summed E-state index contributed by atoms with van der Waals surface area (Å²) < 4.78 is 7.68. The average Bonchev–Trinajstić information content (AvgIpc) is 3.12. The van der Waals surface area contributed by atoms with Gasteiger partial charge in [-0.15, -0.1) is 0 Å². The Kier molecular flexibility index (Phi) is 6.14. The van der Waals surface area contributed by atoms with Gasteiger partial charge in [-0.2, -0.15) is 5.10 Å². The molecule has 156 valence electrons. The minimum atomic E-state index is 0.0927. The molecule has 30 heavy (non-hydrogen) atoms. The number of ether oxygens (including phenoxy) is 1. The van der Waals surface area contributed by atoms with Crippen molar-refractivity contribution in [3.8, 4) is 11.4 Å². The normalized spacial score (nSPS) is 14.7. The maximum Gasteiger partial charge on any atom is 0.253 e. The SMILES string of the molecule is Cc1cc(C)n(-c2ccc(C(=O)N3CCN(CCOc4ccccc4)CC3)cc2)n1. The van der Waals surface area contributed by atoms with Crippen molar-refractivity contribution in [3.63, 3.8) is 0 Å². The lowest BCUT2D eigenvalue weighted by Gasteiger charge is -2.34. The quantitative estimate of drug-likeness (QED) is 0.632. The van der Waals surface area contributed by atoms with E-state index < -0.39 is 0 Å². The fourth-order valence-electron chi connectivity index (χ4n) is 3.80. The van der Waals surface area contributed by atoms with Gasteiger partial charge in [-0.25, -0.2) is 4.68 Å². The van der Waals surface area contributed by atoms with Gasteiger partial charge in [0.05, 0.1) is 11.4 Å². The molecule has 0 saturated carbocycles. The van der Waals surface area contributed by atoms with Crippen LogP contribution in [0.2, 0.25) is 0 Å². The van der Waals surface area contributed by atoms with Crippen LogP contribution in [0.4, 0.5) is 0 Å². The summed E-state index contributed by atoms with van der Waals surface area (Å²) in [5.74, 6) is 0.991. The minimum absolute atomic E-state index is 0.0927. The van der Waals surface area contributed by atoms with Crippen molar-refractivity contribution in [3.05, 3.63) is 77.6 Å². The molecule has 6 heteroatoms. The molecule has 0 N–H and O–H groups in total. The van der Waals surface area contributed by atoms with Gasteiger partial charge in [0.1, 0.15) is 12.4 Å². The number of carbonyl (C=O) groups is 1. The van der Waals surface area contributed by atoms with Gasteiger partial charge in [0.15, 0.2) is 0 Å². The molecule has 1 aliphatic rings. The molecule has 0 spiro atoms. The van der Waals surface area contributed by atoms with Crippen LogP contribution in [0, 0.1) is 13.8 Å². The maximum atomic E-state index is 12.9. The van der Waals surface area contributed by atoms with Crippen LogP contribution in [0.25, 0.3) is 5.69 Å². The molecule has 1 aliphatic heterocycles. The zero-order chi connectivity index (χ0) is 20.9. The molecule has 0 aliphatic carbocycles. The number of aromatic nitrogens is 2. The molecule has 0 atom stereocenters. The highest BCUT2D eigenvalue weighted by Crippen LogP contribution is 2.15. The Morgan fingerprint density at radius 3 is 2.30 bits per heavy atom. The van der Waals surface area contributed by atoms with E-state index in [4.69, 9.17) is 4.74 Å². The smallest absolute Gasteiger partial charge is 0.253 e. The topological polar surface area (TPSA) is 50.6 Å². The van der Waals surface area contributed by atoms with E-state index in [1.807, 2.05) is 84.1 Å². The van der Waals surface area contributed by atoms with Crippen molar-refractivity contribution in [2.24, 2.45) is 0 Å².